The first-order valence-corrected chi connectivity index (χ1v) is 10.4. The monoisotopic (exact) mass is 638 g/mol. The molecular formula is C26H22F2IrN3P-2. The molecule has 0 N–H and O–H groups in total. The van der Waals surface area contributed by atoms with Gasteiger partial charge in [0.1, 0.15) is 0 Å². The number of nitrogens with zero attached hydrogens (tertiary/aromatic N) is 3. The summed E-state index contributed by atoms with van der Waals surface area (Å²) in [5.74, 6) is -1.30. The first-order valence-electron chi connectivity index (χ1n) is 9.88. The predicted octanol–water partition coefficient (Wildman–Crippen LogP) is 7.82. The van der Waals surface area contributed by atoms with E-state index in [-0.39, 0.29) is 25.7 Å². The average molecular weight is 638 g/mol. The van der Waals surface area contributed by atoms with E-state index in [1.807, 2.05) is 80.6 Å². The van der Waals surface area contributed by atoms with Gasteiger partial charge in [-0.3, -0.25) is 13.8 Å². The third-order valence-corrected chi connectivity index (χ3v) is 4.86. The molecule has 1 atom stereocenters. The molecule has 1 unspecified atom stereocenters. The van der Waals surface area contributed by atoms with E-state index < -0.39 is 11.6 Å². The minimum absolute atomic E-state index is 0. The van der Waals surface area contributed by atoms with Crippen LogP contribution in [0.15, 0.2) is 95.8 Å². The maximum absolute atomic E-state index is 13.8. The van der Waals surface area contributed by atoms with Crippen LogP contribution in [0.1, 0.15) is 13.8 Å². The zero-order chi connectivity index (χ0) is 22.9. The number of aromatic nitrogens is 1. The summed E-state index contributed by atoms with van der Waals surface area (Å²) < 4.78 is 26.6. The summed E-state index contributed by atoms with van der Waals surface area (Å²) in [5.41, 5.74) is 3.55. The van der Waals surface area contributed by atoms with Crippen molar-refractivity contribution in [3.8, 4) is 11.3 Å². The van der Waals surface area contributed by atoms with E-state index in [1.54, 1.807) is 6.20 Å². The Kier molecular flexibility index (Phi) is 10.5. The van der Waals surface area contributed by atoms with Gasteiger partial charge in [-0.2, -0.15) is 5.70 Å². The van der Waals surface area contributed by atoms with Crippen molar-refractivity contribution in [2.45, 2.75) is 13.8 Å². The minimum atomic E-state index is -0.654. The zero-order valence-corrected chi connectivity index (χ0v) is 21.6. The molecule has 4 aromatic rings. The second-order valence-electron chi connectivity index (χ2n) is 6.93. The van der Waals surface area contributed by atoms with Crippen LogP contribution in [0.2, 0.25) is 0 Å². The molecule has 0 bridgehead atoms. The maximum atomic E-state index is 13.8. The van der Waals surface area contributed by atoms with Crippen LogP contribution >= 0.6 is 9.39 Å². The van der Waals surface area contributed by atoms with Gasteiger partial charge in [0, 0.05) is 43.6 Å². The Bertz CT molecular complexity index is 1260. The Labute approximate surface area is 208 Å². The molecule has 0 saturated heterocycles. The molecule has 3 nitrogen and oxygen atoms in total. The summed E-state index contributed by atoms with van der Waals surface area (Å²) in [7, 11) is 2.34. The largest absolute Gasteiger partial charge is 0.669 e. The van der Waals surface area contributed by atoms with Crippen LogP contribution in [0.3, 0.4) is 0 Å². The Morgan fingerprint density at radius 2 is 1.73 bits per heavy atom. The van der Waals surface area contributed by atoms with Crippen LogP contribution in [-0.4, -0.2) is 10.7 Å². The van der Waals surface area contributed by atoms with Gasteiger partial charge in [-0.25, -0.2) is 9.39 Å². The molecule has 0 aliphatic rings. The van der Waals surface area contributed by atoms with Gasteiger partial charge in [-0.15, -0.1) is 12.1 Å². The molecule has 1 aromatic heterocycles. The Morgan fingerprint density at radius 1 is 1.03 bits per heavy atom. The van der Waals surface area contributed by atoms with Crippen molar-refractivity contribution >= 4 is 31.6 Å². The Hall–Kier alpha value is -2.78. The normalized spacial score (nSPS) is 11.3. The van der Waals surface area contributed by atoms with Crippen molar-refractivity contribution in [3.63, 3.8) is 0 Å². The Balaban J connectivity index is 0.000000235. The number of fused-ring (bicyclic) bond motifs is 1. The van der Waals surface area contributed by atoms with Crippen molar-refractivity contribution < 1.29 is 28.9 Å². The smallest absolute Gasteiger partial charge is 0.0632 e. The fraction of sp³-hybridized carbons (Fsp3) is 0.0769. The molecule has 1 radical (unpaired) electrons. The fourth-order valence-corrected chi connectivity index (χ4v) is 3.10. The van der Waals surface area contributed by atoms with Crippen molar-refractivity contribution in [1.29, 1.82) is 0 Å². The molecule has 33 heavy (non-hydrogen) atoms. The molecule has 0 aliphatic carbocycles. The van der Waals surface area contributed by atoms with Gasteiger partial charge in [0.05, 0.1) is 5.69 Å². The zero-order valence-electron chi connectivity index (χ0n) is 18.1. The van der Waals surface area contributed by atoms with Crippen LogP contribution < -0.4 is 0 Å². The molecular weight excluding hydrogens is 615 g/mol. The quantitative estimate of drug-likeness (QED) is 0.128. The number of benzene rings is 3. The molecule has 0 amide bonds. The SMILES string of the molecule is CC(/C=C(/C)[N-]P)=Nc1ccccc1.Fc1c[c-]c(-c2nccc3ccccc23)c(F)c1.[Ir]. The summed E-state index contributed by atoms with van der Waals surface area (Å²) in [4.78, 5) is 8.59. The van der Waals surface area contributed by atoms with Gasteiger partial charge in [0.15, 0.2) is 0 Å². The maximum Gasteiger partial charge on any atom is 0.0632 e. The van der Waals surface area contributed by atoms with Gasteiger partial charge in [-0.1, -0.05) is 67.1 Å². The van der Waals surface area contributed by atoms with Crippen LogP contribution in [0, 0.1) is 17.7 Å². The molecule has 1 heterocycles. The first kappa shape index (κ1) is 26.5. The number of hydrogen-bond acceptors (Lipinski definition) is 2. The van der Waals surface area contributed by atoms with Crippen molar-refractivity contribution in [2.24, 2.45) is 4.99 Å². The molecule has 3 aromatic carbocycles. The number of aliphatic imine (C=N–C) groups is 1. The van der Waals surface area contributed by atoms with Gasteiger partial charge in [0.2, 0.25) is 0 Å². The molecule has 0 aliphatic heterocycles. The number of pyridine rings is 1. The first-order chi connectivity index (χ1) is 15.5. The van der Waals surface area contributed by atoms with E-state index in [4.69, 9.17) is 0 Å². The van der Waals surface area contributed by atoms with Gasteiger partial charge < -0.3 is 10.1 Å². The van der Waals surface area contributed by atoms with Gasteiger partial charge in [-0.05, 0) is 41.6 Å². The topological polar surface area (TPSA) is 39.4 Å². The molecule has 0 saturated carbocycles. The molecule has 4 rings (SSSR count). The third-order valence-electron chi connectivity index (χ3n) is 4.45. The van der Waals surface area contributed by atoms with Crippen molar-refractivity contribution in [2.75, 3.05) is 0 Å². The van der Waals surface area contributed by atoms with Crippen LogP contribution in [0.25, 0.3) is 27.1 Å². The minimum Gasteiger partial charge on any atom is -0.669 e. The summed E-state index contributed by atoms with van der Waals surface area (Å²) >= 11 is 0. The standard InChI is InChI=1S/C15H8F2N.C11H14N2P.Ir/c16-11-5-6-13(14(17)9-11)15-12-4-2-1-3-10(12)7-8-18-15;1-9(8-10(2)13-14)12-11-6-4-3-5-7-11;/h1-5,7-9H;3-8H,14H2,1-2H3;/q2*-1;/b;10-8-,12-9?;. The second kappa shape index (κ2) is 13.1. The summed E-state index contributed by atoms with van der Waals surface area (Å²) in [6, 6.07) is 23.8. The number of allylic oxidation sites excluding steroid dienone is 2. The van der Waals surface area contributed by atoms with Gasteiger partial charge >= 0.3 is 0 Å². The third kappa shape index (κ3) is 7.64. The average Bonchev–Trinajstić information content (AvgIpc) is 2.80. The van der Waals surface area contributed by atoms with E-state index in [2.05, 4.69) is 30.5 Å². The number of hydrogen-bond donors (Lipinski definition) is 0. The Morgan fingerprint density at radius 3 is 2.42 bits per heavy atom. The predicted molar refractivity (Wildman–Crippen MR) is 132 cm³/mol. The molecule has 7 heteroatoms. The number of para-hydroxylation sites is 1. The van der Waals surface area contributed by atoms with Crippen LogP contribution in [0.5, 0.6) is 0 Å². The summed E-state index contributed by atoms with van der Waals surface area (Å²) in [6.07, 6.45) is 3.55. The molecule has 171 valence electrons. The van der Waals surface area contributed by atoms with Gasteiger partial charge in [0.25, 0.3) is 0 Å². The van der Waals surface area contributed by atoms with E-state index >= 15 is 0 Å². The summed E-state index contributed by atoms with van der Waals surface area (Å²) in [6.45, 7) is 3.91. The van der Waals surface area contributed by atoms with Crippen molar-refractivity contribution in [1.82, 2.24) is 4.98 Å². The van der Waals surface area contributed by atoms with E-state index in [0.717, 1.165) is 40.0 Å². The van der Waals surface area contributed by atoms with Crippen LogP contribution in [-0.2, 0) is 20.1 Å². The van der Waals surface area contributed by atoms with E-state index in [1.165, 1.54) is 0 Å². The number of halogens is 2. The second-order valence-corrected chi connectivity index (χ2v) is 7.18. The molecule has 0 fully saturated rings. The number of rotatable bonds is 4. The fourth-order valence-electron chi connectivity index (χ4n) is 3.02. The van der Waals surface area contributed by atoms with E-state index in [0.29, 0.717) is 5.69 Å². The van der Waals surface area contributed by atoms with Crippen LogP contribution in [0.4, 0.5) is 14.5 Å². The van der Waals surface area contributed by atoms with Crippen molar-refractivity contribution in [3.05, 3.63) is 114 Å². The van der Waals surface area contributed by atoms with E-state index in [9.17, 15) is 8.78 Å². The molecule has 0 spiro atoms. The summed E-state index contributed by atoms with van der Waals surface area (Å²) in [5, 5.41) is 5.75.